The molecule has 2 rings (SSSR count). The number of hydrogen-bond donors (Lipinski definition) is 2. The summed E-state index contributed by atoms with van der Waals surface area (Å²) < 4.78 is 1.90. The van der Waals surface area contributed by atoms with Gasteiger partial charge in [0.25, 0.3) is 0 Å². The van der Waals surface area contributed by atoms with E-state index in [0.29, 0.717) is 19.5 Å². The summed E-state index contributed by atoms with van der Waals surface area (Å²) in [5, 5.41) is 11.2. The average Bonchev–Trinajstić information content (AvgIpc) is 2.83. The number of carbonyl (C=O) groups is 1. The molecule has 6 heteroatoms. The van der Waals surface area contributed by atoms with Gasteiger partial charge in [0.2, 0.25) is 5.91 Å². The normalized spacial score (nSPS) is 19.7. The van der Waals surface area contributed by atoms with Crippen LogP contribution in [0.25, 0.3) is 0 Å². The summed E-state index contributed by atoms with van der Waals surface area (Å²) in [7, 11) is 0. The molecule has 0 saturated carbocycles. The molecular formula is C11H17ClN4O. The zero-order valence-corrected chi connectivity index (χ0v) is 10.8. The lowest BCUT2D eigenvalue weighted by atomic mass is 10.2. The Morgan fingerprint density at radius 1 is 1.65 bits per heavy atom. The lowest BCUT2D eigenvalue weighted by molar-refractivity contribution is -0.119. The van der Waals surface area contributed by atoms with E-state index in [9.17, 15) is 4.79 Å². The van der Waals surface area contributed by atoms with E-state index >= 15 is 0 Å². The molecule has 2 heterocycles. The fourth-order valence-electron chi connectivity index (χ4n) is 2.03. The molecule has 0 radical (unpaired) electrons. The van der Waals surface area contributed by atoms with Crippen LogP contribution in [0.2, 0.25) is 5.02 Å². The number of carbonyl (C=O) groups excluding carboxylic acids is 1. The molecule has 1 aromatic rings. The second-order valence-electron chi connectivity index (χ2n) is 4.25. The van der Waals surface area contributed by atoms with Gasteiger partial charge in [-0.3, -0.25) is 9.48 Å². The van der Waals surface area contributed by atoms with Crippen molar-refractivity contribution in [2.24, 2.45) is 0 Å². The third kappa shape index (κ3) is 2.61. The van der Waals surface area contributed by atoms with Crippen molar-refractivity contribution in [3.63, 3.8) is 0 Å². The van der Waals surface area contributed by atoms with E-state index < -0.39 is 0 Å². The molecule has 5 nitrogen and oxygen atoms in total. The van der Waals surface area contributed by atoms with Crippen LogP contribution in [0.1, 0.15) is 24.7 Å². The Kier molecular flexibility index (Phi) is 3.69. The van der Waals surface area contributed by atoms with E-state index in [1.807, 2.05) is 18.5 Å². The standard InChI is InChI=1S/C11H17ClN4O/c1-3-16-9(11(12)7(2)15-16)6-13-8-4-10(17)14-5-8/h8,13H,3-6H2,1-2H3,(H,14,17). The van der Waals surface area contributed by atoms with E-state index in [1.54, 1.807) is 0 Å². The summed E-state index contributed by atoms with van der Waals surface area (Å²) in [4.78, 5) is 11.1. The van der Waals surface area contributed by atoms with Gasteiger partial charge in [-0.15, -0.1) is 0 Å². The highest BCUT2D eigenvalue weighted by Gasteiger charge is 2.22. The van der Waals surface area contributed by atoms with E-state index in [2.05, 4.69) is 15.7 Å². The SMILES string of the molecule is CCn1nc(C)c(Cl)c1CNC1CNC(=O)C1. The number of hydrogen-bond acceptors (Lipinski definition) is 3. The van der Waals surface area contributed by atoms with Crippen LogP contribution in [0, 0.1) is 6.92 Å². The van der Waals surface area contributed by atoms with Crippen molar-refractivity contribution in [3.8, 4) is 0 Å². The van der Waals surface area contributed by atoms with Gasteiger partial charge in [0.15, 0.2) is 0 Å². The van der Waals surface area contributed by atoms with Gasteiger partial charge in [0.05, 0.1) is 16.4 Å². The molecule has 0 spiro atoms. The van der Waals surface area contributed by atoms with Gasteiger partial charge in [-0.2, -0.15) is 5.10 Å². The van der Waals surface area contributed by atoms with Gasteiger partial charge >= 0.3 is 0 Å². The van der Waals surface area contributed by atoms with Crippen LogP contribution in [0.15, 0.2) is 0 Å². The summed E-state index contributed by atoms with van der Waals surface area (Å²) in [5.41, 5.74) is 1.84. The molecule has 0 aliphatic carbocycles. The molecule has 1 aliphatic heterocycles. The van der Waals surface area contributed by atoms with Crippen molar-refractivity contribution in [3.05, 3.63) is 16.4 Å². The zero-order chi connectivity index (χ0) is 12.4. The highest BCUT2D eigenvalue weighted by Crippen LogP contribution is 2.20. The van der Waals surface area contributed by atoms with Gasteiger partial charge in [-0.1, -0.05) is 11.6 Å². The predicted octanol–water partition coefficient (Wildman–Crippen LogP) is 0.843. The summed E-state index contributed by atoms with van der Waals surface area (Å²) in [6, 6.07) is 0.194. The maximum Gasteiger partial charge on any atom is 0.221 e. The smallest absolute Gasteiger partial charge is 0.221 e. The Hall–Kier alpha value is -1.07. The quantitative estimate of drug-likeness (QED) is 0.840. The molecule has 0 aromatic carbocycles. The third-order valence-electron chi connectivity index (χ3n) is 2.99. The van der Waals surface area contributed by atoms with E-state index in [0.717, 1.165) is 23.0 Å². The molecule has 2 N–H and O–H groups in total. The number of rotatable bonds is 4. The maximum absolute atomic E-state index is 11.1. The lowest BCUT2D eigenvalue weighted by Crippen LogP contribution is -2.31. The molecule has 0 bridgehead atoms. The average molecular weight is 257 g/mol. The molecule has 1 amide bonds. The van der Waals surface area contributed by atoms with Gasteiger partial charge in [-0.25, -0.2) is 0 Å². The molecule has 1 unspecified atom stereocenters. The Morgan fingerprint density at radius 3 is 3.00 bits per heavy atom. The molecule has 94 valence electrons. The first kappa shape index (κ1) is 12.4. The minimum atomic E-state index is 0.105. The topological polar surface area (TPSA) is 59.0 Å². The van der Waals surface area contributed by atoms with Crippen molar-refractivity contribution < 1.29 is 4.79 Å². The maximum atomic E-state index is 11.1. The Bertz CT molecular complexity index is 429. The van der Waals surface area contributed by atoms with Crippen molar-refractivity contribution in [2.75, 3.05) is 6.54 Å². The molecule has 1 aromatic heterocycles. The van der Waals surface area contributed by atoms with Crippen LogP contribution in [-0.2, 0) is 17.9 Å². The largest absolute Gasteiger partial charge is 0.354 e. The van der Waals surface area contributed by atoms with E-state index in [4.69, 9.17) is 11.6 Å². The van der Waals surface area contributed by atoms with Gasteiger partial charge < -0.3 is 10.6 Å². The van der Waals surface area contributed by atoms with E-state index in [-0.39, 0.29) is 11.9 Å². The van der Waals surface area contributed by atoms with Gasteiger partial charge in [0.1, 0.15) is 0 Å². The molecule has 1 aliphatic rings. The number of halogens is 1. The minimum Gasteiger partial charge on any atom is -0.354 e. The van der Waals surface area contributed by atoms with Gasteiger partial charge in [0, 0.05) is 32.1 Å². The number of amides is 1. The van der Waals surface area contributed by atoms with Gasteiger partial charge in [-0.05, 0) is 13.8 Å². The highest BCUT2D eigenvalue weighted by molar-refractivity contribution is 6.31. The number of aryl methyl sites for hydroxylation is 2. The first-order valence-corrected chi connectivity index (χ1v) is 6.21. The Labute approximate surface area is 106 Å². The second kappa shape index (κ2) is 5.06. The zero-order valence-electron chi connectivity index (χ0n) is 10.1. The van der Waals surface area contributed by atoms with Crippen LogP contribution in [0.5, 0.6) is 0 Å². The fourth-order valence-corrected chi connectivity index (χ4v) is 2.23. The number of nitrogens with one attached hydrogen (secondary N) is 2. The van der Waals surface area contributed by atoms with E-state index in [1.165, 1.54) is 0 Å². The van der Waals surface area contributed by atoms with Crippen LogP contribution in [-0.4, -0.2) is 28.3 Å². The number of nitrogens with zero attached hydrogens (tertiary/aromatic N) is 2. The Morgan fingerprint density at radius 2 is 2.41 bits per heavy atom. The highest BCUT2D eigenvalue weighted by atomic mass is 35.5. The summed E-state index contributed by atoms with van der Waals surface area (Å²) in [6.07, 6.45) is 0.539. The summed E-state index contributed by atoms with van der Waals surface area (Å²) >= 11 is 6.20. The molecule has 17 heavy (non-hydrogen) atoms. The molecule has 1 saturated heterocycles. The molecule has 1 fully saturated rings. The summed E-state index contributed by atoms with van der Waals surface area (Å²) in [6.45, 7) is 6.07. The number of aromatic nitrogens is 2. The molecular weight excluding hydrogens is 240 g/mol. The van der Waals surface area contributed by atoms with Crippen LogP contribution in [0.4, 0.5) is 0 Å². The first-order chi connectivity index (χ1) is 8.11. The third-order valence-corrected chi connectivity index (χ3v) is 3.48. The lowest BCUT2D eigenvalue weighted by Gasteiger charge is -2.11. The Balaban J connectivity index is 2.01. The van der Waals surface area contributed by atoms with Crippen molar-refractivity contribution in [1.29, 1.82) is 0 Å². The van der Waals surface area contributed by atoms with Crippen LogP contribution < -0.4 is 10.6 Å². The monoisotopic (exact) mass is 256 g/mol. The van der Waals surface area contributed by atoms with Crippen LogP contribution >= 0.6 is 11.6 Å². The van der Waals surface area contributed by atoms with Crippen molar-refractivity contribution in [1.82, 2.24) is 20.4 Å². The van der Waals surface area contributed by atoms with Crippen molar-refractivity contribution >= 4 is 17.5 Å². The van der Waals surface area contributed by atoms with Crippen LogP contribution in [0.3, 0.4) is 0 Å². The second-order valence-corrected chi connectivity index (χ2v) is 4.63. The molecule has 1 atom stereocenters. The predicted molar refractivity (Wildman–Crippen MR) is 65.9 cm³/mol. The minimum absolute atomic E-state index is 0.105. The first-order valence-electron chi connectivity index (χ1n) is 5.83. The summed E-state index contributed by atoms with van der Waals surface area (Å²) in [5.74, 6) is 0.105. The fraction of sp³-hybridized carbons (Fsp3) is 0.636. The van der Waals surface area contributed by atoms with Crippen molar-refractivity contribution in [2.45, 2.75) is 39.4 Å².